The van der Waals surface area contributed by atoms with Crippen molar-refractivity contribution in [2.45, 2.75) is 73.0 Å². The first-order valence-corrected chi connectivity index (χ1v) is 9.42. The lowest BCUT2D eigenvalue weighted by Crippen LogP contribution is -2.42. The fourth-order valence-electron chi connectivity index (χ4n) is 2.36. The molecule has 0 saturated carbocycles. The molecule has 138 valence electrons. The Bertz CT molecular complexity index is 291. The second kappa shape index (κ2) is 14.8. The van der Waals surface area contributed by atoms with Gasteiger partial charge in [-0.1, -0.05) is 13.8 Å². The summed E-state index contributed by atoms with van der Waals surface area (Å²) in [7, 11) is 0. The molecule has 5 nitrogen and oxygen atoms in total. The van der Waals surface area contributed by atoms with E-state index in [0.29, 0.717) is 12.1 Å². The van der Waals surface area contributed by atoms with Crippen LogP contribution in [0.5, 0.6) is 0 Å². The highest BCUT2D eigenvalue weighted by molar-refractivity contribution is 5.79. The average molecular weight is 329 g/mol. The van der Waals surface area contributed by atoms with Crippen LogP contribution in [0.1, 0.15) is 60.8 Å². The summed E-state index contributed by atoms with van der Waals surface area (Å²) in [5, 5.41) is 6.83. The maximum absolute atomic E-state index is 5.55. The van der Waals surface area contributed by atoms with Gasteiger partial charge in [-0.25, -0.2) is 0 Å². The van der Waals surface area contributed by atoms with Crippen LogP contribution in [0.15, 0.2) is 4.99 Å². The van der Waals surface area contributed by atoms with Crippen LogP contribution in [-0.2, 0) is 4.74 Å². The maximum atomic E-state index is 5.55. The van der Waals surface area contributed by atoms with Gasteiger partial charge in [-0.05, 0) is 66.6 Å². The normalized spacial score (nSPS) is 13.7. The van der Waals surface area contributed by atoms with Crippen LogP contribution in [0.25, 0.3) is 0 Å². The van der Waals surface area contributed by atoms with E-state index in [-0.39, 0.29) is 0 Å². The number of nitrogens with one attached hydrogen (secondary N) is 2. The zero-order chi connectivity index (χ0) is 17.5. The van der Waals surface area contributed by atoms with Gasteiger partial charge in [0, 0.05) is 25.7 Å². The zero-order valence-corrected chi connectivity index (χ0v) is 16.3. The van der Waals surface area contributed by atoms with E-state index in [4.69, 9.17) is 4.74 Å². The van der Waals surface area contributed by atoms with Gasteiger partial charge in [0.2, 0.25) is 0 Å². The van der Waals surface area contributed by atoms with Gasteiger partial charge in [0.1, 0.15) is 0 Å². The van der Waals surface area contributed by atoms with Gasteiger partial charge >= 0.3 is 0 Å². The Morgan fingerprint density at radius 3 is 2.35 bits per heavy atom. The number of guanidine groups is 1. The fraction of sp³-hybridized carbons (Fsp3) is 0.944. The first kappa shape index (κ1) is 22.2. The first-order chi connectivity index (χ1) is 11.0. The molecule has 0 bridgehead atoms. The summed E-state index contributed by atoms with van der Waals surface area (Å²) in [5.41, 5.74) is 0. The highest BCUT2D eigenvalue weighted by Gasteiger charge is 2.06. The predicted molar refractivity (Wildman–Crippen MR) is 101 cm³/mol. The van der Waals surface area contributed by atoms with Crippen molar-refractivity contribution >= 4 is 5.96 Å². The van der Waals surface area contributed by atoms with Crippen LogP contribution in [0.4, 0.5) is 0 Å². The molecule has 0 amide bonds. The summed E-state index contributed by atoms with van der Waals surface area (Å²) < 4.78 is 5.55. The quantitative estimate of drug-likeness (QED) is 0.310. The van der Waals surface area contributed by atoms with E-state index < -0.39 is 0 Å². The summed E-state index contributed by atoms with van der Waals surface area (Å²) in [5.74, 6) is 0.924. The van der Waals surface area contributed by atoms with Crippen molar-refractivity contribution in [3.8, 4) is 0 Å². The van der Waals surface area contributed by atoms with Crippen LogP contribution < -0.4 is 10.6 Å². The van der Waals surface area contributed by atoms with Crippen LogP contribution in [0.2, 0.25) is 0 Å². The zero-order valence-electron chi connectivity index (χ0n) is 16.3. The molecule has 5 heteroatoms. The van der Waals surface area contributed by atoms with Gasteiger partial charge in [-0.2, -0.15) is 0 Å². The molecule has 0 spiro atoms. The number of ether oxygens (including phenoxy) is 1. The van der Waals surface area contributed by atoms with Crippen molar-refractivity contribution < 1.29 is 4.74 Å². The lowest BCUT2D eigenvalue weighted by Gasteiger charge is -2.21. The lowest BCUT2D eigenvalue weighted by atomic mass is 10.2. The van der Waals surface area contributed by atoms with E-state index in [1.165, 1.54) is 13.0 Å². The van der Waals surface area contributed by atoms with Crippen LogP contribution >= 0.6 is 0 Å². The van der Waals surface area contributed by atoms with Crippen LogP contribution in [-0.4, -0.2) is 62.3 Å². The van der Waals surface area contributed by atoms with E-state index in [1.807, 2.05) is 0 Å². The van der Waals surface area contributed by atoms with E-state index >= 15 is 0 Å². The summed E-state index contributed by atoms with van der Waals surface area (Å²) in [4.78, 5) is 7.10. The predicted octanol–water partition coefficient (Wildman–Crippen LogP) is 2.87. The molecular formula is C18H40N4O. The maximum Gasteiger partial charge on any atom is 0.191 e. The third kappa shape index (κ3) is 13.3. The molecule has 0 aliphatic carbocycles. The second-order valence-electron chi connectivity index (χ2n) is 6.25. The third-order valence-corrected chi connectivity index (χ3v) is 3.76. The van der Waals surface area contributed by atoms with Gasteiger partial charge in [0.15, 0.2) is 5.96 Å². The summed E-state index contributed by atoms with van der Waals surface area (Å²) in [6.45, 7) is 18.8. The van der Waals surface area contributed by atoms with Gasteiger partial charge in [0.25, 0.3) is 0 Å². The topological polar surface area (TPSA) is 48.9 Å². The molecule has 2 N–H and O–H groups in total. The van der Waals surface area contributed by atoms with Crippen molar-refractivity contribution in [3.05, 3.63) is 0 Å². The third-order valence-electron chi connectivity index (χ3n) is 3.76. The Balaban J connectivity index is 4.03. The molecule has 0 fully saturated rings. The molecular weight excluding hydrogens is 288 g/mol. The summed E-state index contributed by atoms with van der Waals surface area (Å²) in [6, 6.07) is 0.440. The molecule has 0 radical (unpaired) electrons. The summed E-state index contributed by atoms with van der Waals surface area (Å²) in [6.07, 6.45) is 3.65. The molecule has 1 unspecified atom stereocenters. The number of rotatable bonds is 13. The van der Waals surface area contributed by atoms with Gasteiger partial charge in [-0.3, -0.25) is 4.99 Å². The Kier molecular flexibility index (Phi) is 14.2. The molecule has 0 aromatic heterocycles. The van der Waals surface area contributed by atoms with E-state index in [1.54, 1.807) is 0 Å². The van der Waals surface area contributed by atoms with E-state index in [0.717, 1.165) is 51.6 Å². The second-order valence-corrected chi connectivity index (χ2v) is 6.25. The van der Waals surface area contributed by atoms with Crippen LogP contribution in [0, 0.1) is 0 Å². The molecule has 0 aromatic carbocycles. The van der Waals surface area contributed by atoms with Crippen LogP contribution in [0.3, 0.4) is 0 Å². The minimum atomic E-state index is 0.302. The van der Waals surface area contributed by atoms with E-state index in [9.17, 15) is 0 Å². The van der Waals surface area contributed by atoms with E-state index in [2.05, 4.69) is 62.1 Å². The molecule has 0 aliphatic heterocycles. The molecule has 0 rings (SSSR count). The van der Waals surface area contributed by atoms with Crippen molar-refractivity contribution in [1.82, 2.24) is 15.5 Å². The van der Waals surface area contributed by atoms with Crippen molar-refractivity contribution in [2.24, 2.45) is 4.99 Å². The molecule has 0 aliphatic rings. The number of aliphatic imine (C=N–C) groups is 1. The monoisotopic (exact) mass is 328 g/mol. The molecule has 1 atom stereocenters. The highest BCUT2D eigenvalue weighted by Crippen LogP contribution is 2.00. The first-order valence-electron chi connectivity index (χ1n) is 9.42. The number of hydrogen-bond donors (Lipinski definition) is 2. The van der Waals surface area contributed by atoms with Crippen molar-refractivity contribution in [3.63, 3.8) is 0 Å². The largest absolute Gasteiger partial charge is 0.379 e. The minimum absolute atomic E-state index is 0.302. The van der Waals surface area contributed by atoms with Gasteiger partial charge in [0.05, 0.1) is 6.10 Å². The molecule has 0 saturated heterocycles. The highest BCUT2D eigenvalue weighted by atomic mass is 16.5. The summed E-state index contributed by atoms with van der Waals surface area (Å²) >= 11 is 0. The fourth-order valence-corrected chi connectivity index (χ4v) is 2.36. The Labute approximate surface area is 144 Å². The SMILES string of the molecule is CCNC(=NCCCOC(C)C)NC(C)CCCN(CC)CC. The standard InChI is InChI=1S/C18H40N4O/c1-7-19-18(20-13-11-15-23-16(4)5)21-17(6)12-10-14-22(8-2)9-3/h16-17H,7-15H2,1-6H3,(H2,19,20,21). The number of hydrogen-bond acceptors (Lipinski definition) is 3. The molecule has 23 heavy (non-hydrogen) atoms. The lowest BCUT2D eigenvalue weighted by molar-refractivity contribution is 0.0782. The Hall–Kier alpha value is -0.810. The smallest absolute Gasteiger partial charge is 0.191 e. The van der Waals surface area contributed by atoms with Crippen molar-refractivity contribution in [2.75, 3.05) is 39.3 Å². The molecule has 0 aromatic rings. The van der Waals surface area contributed by atoms with Crippen molar-refractivity contribution in [1.29, 1.82) is 0 Å². The Morgan fingerprint density at radius 2 is 1.78 bits per heavy atom. The average Bonchev–Trinajstić information content (AvgIpc) is 2.51. The van der Waals surface area contributed by atoms with Gasteiger partial charge < -0.3 is 20.3 Å². The Morgan fingerprint density at radius 1 is 1.09 bits per heavy atom. The van der Waals surface area contributed by atoms with Gasteiger partial charge in [-0.15, -0.1) is 0 Å². The molecule has 0 heterocycles. The minimum Gasteiger partial charge on any atom is -0.379 e. The number of nitrogens with zero attached hydrogens (tertiary/aromatic N) is 2.